The van der Waals surface area contributed by atoms with Gasteiger partial charge in [0.25, 0.3) is 5.91 Å². The standard InChI is InChI=1S/C16H24N2O/c1-4-17-15-8-6-5-7-14(15)16(19)18(11-12(2)3)13-9-10-13/h5-8,12-13,17H,4,9-11H2,1-3H3. The minimum atomic E-state index is 0.174. The Kier molecular flexibility index (Phi) is 4.46. The van der Waals surface area contributed by atoms with E-state index in [9.17, 15) is 4.79 Å². The number of para-hydroxylation sites is 1. The molecule has 3 heteroatoms. The van der Waals surface area contributed by atoms with Gasteiger partial charge in [0.1, 0.15) is 0 Å². The molecule has 0 aromatic heterocycles. The van der Waals surface area contributed by atoms with Gasteiger partial charge in [-0.05, 0) is 37.8 Å². The number of nitrogens with zero attached hydrogens (tertiary/aromatic N) is 1. The van der Waals surface area contributed by atoms with Gasteiger partial charge in [-0.1, -0.05) is 26.0 Å². The Balaban J connectivity index is 2.21. The van der Waals surface area contributed by atoms with Crippen LogP contribution in [0.3, 0.4) is 0 Å². The van der Waals surface area contributed by atoms with Crippen molar-refractivity contribution >= 4 is 11.6 Å². The molecule has 2 rings (SSSR count). The lowest BCUT2D eigenvalue weighted by Crippen LogP contribution is -2.36. The number of carbonyl (C=O) groups is 1. The zero-order valence-corrected chi connectivity index (χ0v) is 12.1. The number of nitrogens with one attached hydrogen (secondary N) is 1. The first-order valence-electron chi connectivity index (χ1n) is 7.27. The molecule has 1 aliphatic carbocycles. The third kappa shape index (κ3) is 3.49. The number of hydrogen-bond donors (Lipinski definition) is 1. The monoisotopic (exact) mass is 260 g/mol. The molecule has 1 amide bonds. The second kappa shape index (κ2) is 6.09. The highest BCUT2D eigenvalue weighted by Crippen LogP contribution is 2.30. The maximum atomic E-state index is 12.7. The Hall–Kier alpha value is -1.51. The van der Waals surface area contributed by atoms with Crippen molar-refractivity contribution in [3.8, 4) is 0 Å². The van der Waals surface area contributed by atoms with Gasteiger partial charge in [0.15, 0.2) is 0 Å². The molecule has 0 spiro atoms. The van der Waals surface area contributed by atoms with Crippen LogP contribution in [0.15, 0.2) is 24.3 Å². The number of anilines is 1. The minimum absolute atomic E-state index is 0.174. The van der Waals surface area contributed by atoms with E-state index in [1.54, 1.807) is 0 Å². The van der Waals surface area contributed by atoms with Gasteiger partial charge in [0.2, 0.25) is 0 Å². The summed E-state index contributed by atoms with van der Waals surface area (Å²) in [5.41, 5.74) is 1.75. The van der Waals surface area contributed by atoms with Crippen LogP contribution in [0.25, 0.3) is 0 Å². The van der Waals surface area contributed by atoms with Crippen LogP contribution in [0, 0.1) is 5.92 Å². The summed E-state index contributed by atoms with van der Waals surface area (Å²) in [6.07, 6.45) is 2.31. The van der Waals surface area contributed by atoms with Gasteiger partial charge in [-0.25, -0.2) is 0 Å². The molecule has 0 bridgehead atoms. The molecule has 1 aliphatic rings. The average molecular weight is 260 g/mol. The molecule has 3 nitrogen and oxygen atoms in total. The number of benzene rings is 1. The number of carbonyl (C=O) groups excluding carboxylic acids is 1. The molecule has 0 saturated heterocycles. The highest BCUT2D eigenvalue weighted by molar-refractivity contribution is 6.00. The van der Waals surface area contributed by atoms with Gasteiger partial charge in [-0.3, -0.25) is 4.79 Å². The van der Waals surface area contributed by atoms with E-state index in [1.807, 2.05) is 31.2 Å². The predicted molar refractivity (Wildman–Crippen MR) is 79.5 cm³/mol. The average Bonchev–Trinajstić information content (AvgIpc) is 3.20. The molecule has 19 heavy (non-hydrogen) atoms. The smallest absolute Gasteiger partial charge is 0.256 e. The van der Waals surface area contributed by atoms with Gasteiger partial charge in [0, 0.05) is 24.8 Å². The van der Waals surface area contributed by atoms with Crippen molar-refractivity contribution in [1.82, 2.24) is 4.90 Å². The van der Waals surface area contributed by atoms with Gasteiger partial charge in [0.05, 0.1) is 5.56 Å². The van der Waals surface area contributed by atoms with E-state index >= 15 is 0 Å². The first-order valence-corrected chi connectivity index (χ1v) is 7.27. The molecule has 1 aromatic carbocycles. The zero-order valence-electron chi connectivity index (χ0n) is 12.1. The summed E-state index contributed by atoms with van der Waals surface area (Å²) in [6, 6.07) is 8.28. The molecular weight excluding hydrogens is 236 g/mol. The molecule has 1 N–H and O–H groups in total. The molecule has 0 aliphatic heterocycles. The van der Waals surface area contributed by atoms with Crippen LogP contribution in [-0.2, 0) is 0 Å². The van der Waals surface area contributed by atoms with Crippen LogP contribution in [0.4, 0.5) is 5.69 Å². The van der Waals surface area contributed by atoms with Gasteiger partial charge in [-0.15, -0.1) is 0 Å². The van der Waals surface area contributed by atoms with E-state index in [2.05, 4.69) is 24.1 Å². The SMILES string of the molecule is CCNc1ccccc1C(=O)N(CC(C)C)C1CC1. The first-order chi connectivity index (χ1) is 9.13. The van der Waals surface area contributed by atoms with E-state index in [0.29, 0.717) is 12.0 Å². The number of hydrogen-bond acceptors (Lipinski definition) is 2. The van der Waals surface area contributed by atoms with Gasteiger partial charge < -0.3 is 10.2 Å². The Morgan fingerprint density at radius 1 is 1.37 bits per heavy atom. The summed E-state index contributed by atoms with van der Waals surface area (Å²) in [5, 5.41) is 3.28. The third-order valence-electron chi connectivity index (χ3n) is 3.34. The fourth-order valence-corrected chi connectivity index (χ4v) is 2.35. The zero-order chi connectivity index (χ0) is 13.8. The summed E-state index contributed by atoms with van der Waals surface area (Å²) in [5.74, 6) is 0.684. The van der Waals surface area contributed by atoms with Crippen molar-refractivity contribution in [2.75, 3.05) is 18.4 Å². The highest BCUT2D eigenvalue weighted by atomic mass is 16.2. The molecule has 1 aromatic rings. The van der Waals surface area contributed by atoms with Crippen molar-refractivity contribution in [1.29, 1.82) is 0 Å². The summed E-state index contributed by atoms with van der Waals surface area (Å²) in [7, 11) is 0. The first kappa shape index (κ1) is 13.9. The predicted octanol–water partition coefficient (Wildman–Crippen LogP) is 3.38. The molecular formula is C16H24N2O. The van der Waals surface area contributed by atoms with Crippen molar-refractivity contribution in [3.05, 3.63) is 29.8 Å². The van der Waals surface area contributed by atoms with E-state index in [0.717, 1.165) is 37.2 Å². The van der Waals surface area contributed by atoms with E-state index in [4.69, 9.17) is 0 Å². The largest absolute Gasteiger partial charge is 0.385 e. The molecule has 0 radical (unpaired) electrons. The Morgan fingerprint density at radius 2 is 2.05 bits per heavy atom. The van der Waals surface area contributed by atoms with E-state index in [1.165, 1.54) is 0 Å². The minimum Gasteiger partial charge on any atom is -0.385 e. The second-order valence-corrected chi connectivity index (χ2v) is 5.66. The topological polar surface area (TPSA) is 32.3 Å². The lowest BCUT2D eigenvalue weighted by Gasteiger charge is -2.25. The lowest BCUT2D eigenvalue weighted by molar-refractivity contribution is 0.0723. The van der Waals surface area contributed by atoms with Crippen molar-refractivity contribution < 1.29 is 4.79 Å². The summed E-state index contributed by atoms with van der Waals surface area (Å²) < 4.78 is 0. The highest BCUT2D eigenvalue weighted by Gasteiger charge is 2.33. The van der Waals surface area contributed by atoms with Crippen molar-refractivity contribution in [3.63, 3.8) is 0 Å². The van der Waals surface area contributed by atoms with E-state index in [-0.39, 0.29) is 5.91 Å². The van der Waals surface area contributed by atoms with Crippen LogP contribution in [0.1, 0.15) is 44.0 Å². The number of rotatable bonds is 6. The third-order valence-corrected chi connectivity index (χ3v) is 3.34. The van der Waals surface area contributed by atoms with Gasteiger partial charge in [-0.2, -0.15) is 0 Å². The van der Waals surface area contributed by atoms with E-state index < -0.39 is 0 Å². The Labute approximate surface area is 116 Å². The summed E-state index contributed by atoms with van der Waals surface area (Å²) in [4.78, 5) is 14.8. The summed E-state index contributed by atoms with van der Waals surface area (Å²) in [6.45, 7) is 8.06. The van der Waals surface area contributed by atoms with Crippen LogP contribution in [0.5, 0.6) is 0 Å². The molecule has 0 heterocycles. The molecule has 0 unspecified atom stereocenters. The molecule has 1 fully saturated rings. The van der Waals surface area contributed by atoms with Gasteiger partial charge >= 0.3 is 0 Å². The second-order valence-electron chi connectivity index (χ2n) is 5.66. The quantitative estimate of drug-likeness (QED) is 0.850. The van der Waals surface area contributed by atoms with Crippen LogP contribution < -0.4 is 5.32 Å². The fraction of sp³-hybridized carbons (Fsp3) is 0.562. The lowest BCUT2D eigenvalue weighted by atomic mass is 10.1. The maximum absolute atomic E-state index is 12.7. The molecule has 0 atom stereocenters. The van der Waals surface area contributed by atoms with Crippen LogP contribution >= 0.6 is 0 Å². The maximum Gasteiger partial charge on any atom is 0.256 e. The van der Waals surface area contributed by atoms with Crippen molar-refractivity contribution in [2.45, 2.75) is 39.7 Å². The Morgan fingerprint density at radius 3 is 2.63 bits per heavy atom. The summed E-state index contributed by atoms with van der Waals surface area (Å²) >= 11 is 0. The Bertz CT molecular complexity index is 438. The number of amides is 1. The van der Waals surface area contributed by atoms with Crippen LogP contribution in [-0.4, -0.2) is 29.9 Å². The normalized spacial score (nSPS) is 14.5. The van der Waals surface area contributed by atoms with Crippen LogP contribution in [0.2, 0.25) is 0 Å². The molecule has 104 valence electrons. The fourth-order valence-electron chi connectivity index (χ4n) is 2.35. The van der Waals surface area contributed by atoms with Crippen molar-refractivity contribution in [2.24, 2.45) is 5.92 Å². The molecule has 1 saturated carbocycles.